The van der Waals surface area contributed by atoms with Gasteiger partial charge in [-0.05, 0) is 37.5 Å². The van der Waals surface area contributed by atoms with Gasteiger partial charge in [-0.2, -0.15) is 0 Å². The van der Waals surface area contributed by atoms with Crippen LogP contribution in [0.3, 0.4) is 0 Å². The lowest BCUT2D eigenvalue weighted by molar-refractivity contribution is -0.157. The van der Waals surface area contributed by atoms with Gasteiger partial charge in [-0.3, -0.25) is 4.79 Å². The van der Waals surface area contributed by atoms with E-state index in [1.807, 2.05) is 6.92 Å². The molecule has 2 N–H and O–H groups in total. The molecule has 0 unspecified atom stereocenters. The van der Waals surface area contributed by atoms with Gasteiger partial charge in [-0.25, -0.2) is 4.39 Å². The number of rotatable bonds is 6. The predicted octanol–water partition coefficient (Wildman–Crippen LogP) is 1.84. The Balaban J connectivity index is 1.99. The zero-order valence-electron chi connectivity index (χ0n) is 12.9. The Labute approximate surface area is 130 Å². The summed E-state index contributed by atoms with van der Waals surface area (Å²) in [7, 11) is 0. The summed E-state index contributed by atoms with van der Waals surface area (Å²) in [5, 5.41) is 13.7. The summed E-state index contributed by atoms with van der Waals surface area (Å²) in [4.78, 5) is 14.2. The molecule has 0 aromatic heterocycles. The van der Waals surface area contributed by atoms with Crippen molar-refractivity contribution >= 4 is 5.91 Å². The summed E-state index contributed by atoms with van der Waals surface area (Å²) in [5.41, 5.74) is 0.442. The largest absolute Gasteiger partial charge is 0.379 e. The normalized spacial score (nSPS) is 22.0. The molecule has 0 bridgehead atoms. The molecule has 2 rings (SSSR count). The van der Waals surface area contributed by atoms with Gasteiger partial charge in [0, 0.05) is 26.2 Å². The van der Waals surface area contributed by atoms with Crippen LogP contribution in [0, 0.1) is 5.82 Å². The number of piperidine rings is 1. The van der Waals surface area contributed by atoms with E-state index in [1.165, 1.54) is 12.1 Å². The van der Waals surface area contributed by atoms with Crippen molar-refractivity contribution in [1.29, 1.82) is 0 Å². The lowest BCUT2D eigenvalue weighted by Gasteiger charge is -2.38. The second-order valence-corrected chi connectivity index (χ2v) is 6.05. The number of likely N-dealkylation sites (tertiary alicyclic amines) is 1. The van der Waals surface area contributed by atoms with Crippen LogP contribution < -0.4 is 5.32 Å². The molecular weight excluding hydrogens is 283 g/mol. The maximum atomic E-state index is 12.9. The van der Waals surface area contributed by atoms with Crippen LogP contribution in [0.4, 0.5) is 4.39 Å². The van der Waals surface area contributed by atoms with Crippen molar-refractivity contribution in [2.75, 3.05) is 19.6 Å². The third-order valence-corrected chi connectivity index (χ3v) is 3.83. The minimum atomic E-state index is -1.37. The highest BCUT2D eigenvalue weighted by atomic mass is 19.1. The highest BCUT2D eigenvalue weighted by Crippen LogP contribution is 2.23. The quantitative estimate of drug-likeness (QED) is 0.789. The van der Waals surface area contributed by atoms with E-state index < -0.39 is 5.60 Å². The van der Waals surface area contributed by atoms with Crippen LogP contribution >= 0.6 is 0 Å². The van der Waals surface area contributed by atoms with Gasteiger partial charge >= 0.3 is 0 Å². The molecule has 0 radical (unpaired) electrons. The number of benzene rings is 1. The minimum absolute atomic E-state index is 0.221. The van der Waals surface area contributed by atoms with Crippen molar-refractivity contribution in [3.8, 4) is 0 Å². The lowest BCUT2D eigenvalue weighted by Crippen LogP contribution is -2.57. The maximum Gasteiger partial charge on any atom is 0.256 e. The van der Waals surface area contributed by atoms with Crippen LogP contribution in [0.2, 0.25) is 0 Å². The van der Waals surface area contributed by atoms with Crippen molar-refractivity contribution in [3.05, 3.63) is 47.8 Å². The second-order valence-electron chi connectivity index (χ2n) is 6.05. The van der Waals surface area contributed by atoms with Crippen molar-refractivity contribution in [1.82, 2.24) is 10.2 Å². The number of amides is 1. The molecule has 1 aliphatic rings. The van der Waals surface area contributed by atoms with E-state index >= 15 is 0 Å². The first-order valence-corrected chi connectivity index (χ1v) is 7.52. The maximum absolute atomic E-state index is 12.9. The van der Waals surface area contributed by atoms with Crippen molar-refractivity contribution in [3.63, 3.8) is 0 Å². The SMILES string of the molecule is C=C(C)CNC[C@@]1(O)CCCN(Cc2ccc(F)cc2)C1=O. The van der Waals surface area contributed by atoms with Gasteiger partial charge < -0.3 is 15.3 Å². The first-order chi connectivity index (χ1) is 10.4. The Kier molecular flexibility index (Phi) is 5.32. The van der Waals surface area contributed by atoms with Crippen molar-refractivity contribution < 1.29 is 14.3 Å². The fourth-order valence-electron chi connectivity index (χ4n) is 2.67. The summed E-state index contributed by atoms with van der Waals surface area (Å²) in [6.45, 7) is 7.48. The lowest BCUT2D eigenvalue weighted by atomic mass is 9.91. The molecule has 0 saturated carbocycles. The molecule has 1 aliphatic heterocycles. The van der Waals surface area contributed by atoms with E-state index in [9.17, 15) is 14.3 Å². The number of carbonyl (C=O) groups is 1. The molecule has 120 valence electrons. The van der Waals surface area contributed by atoms with Gasteiger partial charge in [0.1, 0.15) is 5.82 Å². The summed E-state index contributed by atoms with van der Waals surface area (Å²) in [6.07, 6.45) is 1.20. The van der Waals surface area contributed by atoms with E-state index in [-0.39, 0.29) is 18.3 Å². The Morgan fingerprint density at radius 2 is 2.14 bits per heavy atom. The molecule has 1 heterocycles. The molecule has 1 fully saturated rings. The molecule has 5 heteroatoms. The molecule has 22 heavy (non-hydrogen) atoms. The third kappa shape index (κ3) is 4.15. The van der Waals surface area contributed by atoms with E-state index in [0.29, 0.717) is 26.1 Å². The number of carbonyl (C=O) groups excluding carboxylic acids is 1. The first kappa shape index (κ1) is 16.6. The average Bonchev–Trinajstić information content (AvgIpc) is 2.46. The van der Waals surface area contributed by atoms with Crippen LogP contribution in [0.15, 0.2) is 36.4 Å². The minimum Gasteiger partial charge on any atom is -0.379 e. The van der Waals surface area contributed by atoms with Gasteiger partial charge in [-0.15, -0.1) is 0 Å². The molecule has 0 aliphatic carbocycles. The van der Waals surface area contributed by atoms with Gasteiger partial charge in [0.2, 0.25) is 0 Å². The van der Waals surface area contributed by atoms with Crippen molar-refractivity contribution in [2.45, 2.75) is 31.9 Å². The van der Waals surface area contributed by atoms with Crippen molar-refractivity contribution in [2.24, 2.45) is 0 Å². The number of halogens is 1. The number of nitrogens with zero attached hydrogens (tertiary/aromatic N) is 1. The summed E-state index contributed by atoms with van der Waals surface area (Å²) >= 11 is 0. The van der Waals surface area contributed by atoms with Crippen LogP contribution in [-0.2, 0) is 11.3 Å². The molecule has 4 nitrogen and oxygen atoms in total. The fourth-order valence-corrected chi connectivity index (χ4v) is 2.67. The molecule has 0 spiro atoms. The monoisotopic (exact) mass is 306 g/mol. The Morgan fingerprint density at radius 1 is 1.45 bits per heavy atom. The highest BCUT2D eigenvalue weighted by molar-refractivity contribution is 5.86. The topological polar surface area (TPSA) is 52.6 Å². The average molecular weight is 306 g/mol. The number of hydrogen-bond acceptors (Lipinski definition) is 3. The Hall–Kier alpha value is -1.72. The molecule has 1 atom stereocenters. The molecule has 1 aromatic carbocycles. The molecule has 1 saturated heterocycles. The van der Waals surface area contributed by atoms with Gasteiger partial charge in [-0.1, -0.05) is 24.3 Å². The second kappa shape index (κ2) is 7.03. The third-order valence-electron chi connectivity index (χ3n) is 3.83. The molecular formula is C17H23FN2O2. The Bertz CT molecular complexity index is 544. The Morgan fingerprint density at radius 3 is 2.77 bits per heavy atom. The molecule has 1 amide bonds. The van der Waals surface area contributed by atoms with E-state index in [1.54, 1.807) is 17.0 Å². The highest BCUT2D eigenvalue weighted by Gasteiger charge is 2.41. The van der Waals surface area contributed by atoms with Crippen LogP contribution in [0.25, 0.3) is 0 Å². The zero-order valence-corrected chi connectivity index (χ0v) is 12.9. The summed E-state index contributed by atoms with van der Waals surface area (Å²) in [6, 6.07) is 6.08. The number of nitrogens with one attached hydrogen (secondary N) is 1. The van der Waals surface area contributed by atoms with Gasteiger partial charge in [0.05, 0.1) is 0 Å². The van der Waals surface area contributed by atoms with E-state index in [4.69, 9.17) is 0 Å². The fraction of sp³-hybridized carbons (Fsp3) is 0.471. The van der Waals surface area contributed by atoms with Crippen LogP contribution in [0.5, 0.6) is 0 Å². The first-order valence-electron chi connectivity index (χ1n) is 7.52. The number of hydrogen-bond donors (Lipinski definition) is 2. The van der Waals surface area contributed by atoms with E-state index in [0.717, 1.165) is 17.6 Å². The standard InChI is InChI=1S/C17H23FN2O2/c1-13(2)10-19-12-17(22)8-3-9-20(16(17)21)11-14-4-6-15(18)7-5-14/h4-7,19,22H,1,3,8-12H2,2H3/t17-/m0/s1. The summed E-state index contributed by atoms with van der Waals surface area (Å²) in [5.74, 6) is -0.563. The van der Waals surface area contributed by atoms with Crippen LogP contribution in [0.1, 0.15) is 25.3 Å². The molecule has 1 aromatic rings. The zero-order chi connectivity index (χ0) is 16.2. The van der Waals surface area contributed by atoms with Crippen LogP contribution in [-0.4, -0.2) is 41.1 Å². The predicted molar refractivity (Wildman–Crippen MR) is 83.7 cm³/mol. The smallest absolute Gasteiger partial charge is 0.256 e. The summed E-state index contributed by atoms with van der Waals surface area (Å²) < 4.78 is 12.9. The van der Waals surface area contributed by atoms with Gasteiger partial charge in [0.25, 0.3) is 5.91 Å². The number of aliphatic hydroxyl groups is 1. The van der Waals surface area contributed by atoms with Gasteiger partial charge in [0.15, 0.2) is 5.60 Å². The van der Waals surface area contributed by atoms with E-state index in [2.05, 4.69) is 11.9 Å².